The van der Waals surface area contributed by atoms with Crippen molar-refractivity contribution < 1.29 is 4.74 Å². The highest BCUT2D eigenvalue weighted by Gasteiger charge is 2.12. The quantitative estimate of drug-likeness (QED) is 0.504. The first-order valence-electron chi connectivity index (χ1n) is 8.39. The van der Waals surface area contributed by atoms with Crippen molar-refractivity contribution in [2.45, 2.75) is 6.92 Å². The van der Waals surface area contributed by atoms with Gasteiger partial charge in [-0.2, -0.15) is 0 Å². The Morgan fingerprint density at radius 2 is 1.62 bits per heavy atom. The summed E-state index contributed by atoms with van der Waals surface area (Å²) >= 11 is 0. The Morgan fingerprint density at radius 1 is 0.808 bits per heavy atom. The molecule has 0 amide bonds. The third-order valence-corrected chi connectivity index (χ3v) is 4.30. The predicted octanol–water partition coefficient (Wildman–Crippen LogP) is 5.17. The van der Waals surface area contributed by atoms with Gasteiger partial charge in [0.15, 0.2) is 0 Å². The lowest BCUT2D eigenvalue weighted by Gasteiger charge is -2.13. The molecule has 4 aromatic rings. The summed E-state index contributed by atoms with van der Waals surface area (Å²) in [5.74, 6) is 1.27. The van der Waals surface area contributed by atoms with Crippen LogP contribution in [0.25, 0.3) is 21.9 Å². The molecule has 4 nitrogen and oxygen atoms in total. The van der Waals surface area contributed by atoms with Crippen LogP contribution < -0.4 is 16.2 Å². The molecule has 26 heavy (non-hydrogen) atoms. The fourth-order valence-corrected chi connectivity index (χ4v) is 2.99. The SMILES string of the molecule is Cc1ccc2c(Oc3ccc(N)cc3)ncc(-c3cccc(N)c3)c2c1. The van der Waals surface area contributed by atoms with Gasteiger partial charge in [-0.15, -0.1) is 0 Å². The summed E-state index contributed by atoms with van der Waals surface area (Å²) in [6, 6.07) is 21.4. The number of ether oxygens (including phenoxy) is 1. The minimum Gasteiger partial charge on any atom is -0.438 e. The number of aromatic nitrogens is 1. The Morgan fingerprint density at radius 3 is 2.38 bits per heavy atom. The van der Waals surface area contributed by atoms with Crippen LogP contribution >= 0.6 is 0 Å². The average molecular weight is 341 g/mol. The molecule has 128 valence electrons. The van der Waals surface area contributed by atoms with Crippen LogP contribution in [0, 0.1) is 6.92 Å². The number of rotatable bonds is 3. The number of anilines is 2. The van der Waals surface area contributed by atoms with Gasteiger partial charge in [-0.25, -0.2) is 4.98 Å². The molecular weight excluding hydrogens is 322 g/mol. The normalized spacial score (nSPS) is 10.8. The smallest absolute Gasteiger partial charge is 0.227 e. The molecule has 0 fully saturated rings. The van der Waals surface area contributed by atoms with Crippen LogP contribution in [0.5, 0.6) is 11.6 Å². The van der Waals surface area contributed by atoms with Crippen LogP contribution in [0.4, 0.5) is 11.4 Å². The Hall–Kier alpha value is -3.53. The first kappa shape index (κ1) is 16.0. The van der Waals surface area contributed by atoms with Crippen LogP contribution in [0.3, 0.4) is 0 Å². The third kappa shape index (κ3) is 3.05. The molecule has 4 N–H and O–H groups in total. The number of pyridine rings is 1. The van der Waals surface area contributed by atoms with Crippen molar-refractivity contribution in [3.63, 3.8) is 0 Å². The summed E-state index contributed by atoms with van der Waals surface area (Å²) in [4.78, 5) is 4.57. The maximum absolute atomic E-state index is 6.01. The van der Waals surface area contributed by atoms with Crippen molar-refractivity contribution in [3.05, 3.63) is 78.5 Å². The van der Waals surface area contributed by atoms with E-state index in [1.54, 1.807) is 0 Å². The van der Waals surface area contributed by atoms with Gasteiger partial charge >= 0.3 is 0 Å². The van der Waals surface area contributed by atoms with Crippen LogP contribution in [-0.4, -0.2) is 4.98 Å². The second-order valence-electron chi connectivity index (χ2n) is 6.32. The van der Waals surface area contributed by atoms with E-state index in [2.05, 4.69) is 24.0 Å². The van der Waals surface area contributed by atoms with Crippen molar-refractivity contribution in [1.82, 2.24) is 4.98 Å². The zero-order valence-electron chi connectivity index (χ0n) is 14.4. The molecule has 0 bridgehead atoms. The van der Waals surface area contributed by atoms with E-state index in [1.807, 2.05) is 60.8 Å². The number of nitrogens with two attached hydrogens (primary N) is 2. The maximum Gasteiger partial charge on any atom is 0.227 e. The number of fused-ring (bicyclic) bond motifs is 1. The first-order valence-corrected chi connectivity index (χ1v) is 8.39. The van der Waals surface area contributed by atoms with Crippen molar-refractivity contribution in [1.29, 1.82) is 0 Å². The minimum atomic E-state index is 0.567. The zero-order chi connectivity index (χ0) is 18.1. The number of hydrogen-bond acceptors (Lipinski definition) is 4. The number of nitrogens with zero attached hydrogens (tertiary/aromatic N) is 1. The molecule has 0 aliphatic rings. The lowest BCUT2D eigenvalue weighted by atomic mass is 9.99. The number of nitrogen functional groups attached to an aromatic ring is 2. The maximum atomic E-state index is 6.01. The standard InChI is InChI=1S/C22H19N3O/c1-14-5-10-19-20(11-14)21(15-3-2-4-17(24)12-15)13-25-22(19)26-18-8-6-16(23)7-9-18/h2-13H,23-24H2,1H3. The summed E-state index contributed by atoms with van der Waals surface area (Å²) in [6.45, 7) is 2.07. The van der Waals surface area contributed by atoms with Gasteiger partial charge in [0, 0.05) is 28.5 Å². The van der Waals surface area contributed by atoms with Crippen molar-refractivity contribution in [2.24, 2.45) is 0 Å². The topological polar surface area (TPSA) is 74.2 Å². The van der Waals surface area contributed by atoms with E-state index in [-0.39, 0.29) is 0 Å². The predicted molar refractivity (Wildman–Crippen MR) is 107 cm³/mol. The van der Waals surface area contributed by atoms with E-state index >= 15 is 0 Å². The summed E-state index contributed by atoms with van der Waals surface area (Å²) < 4.78 is 6.01. The third-order valence-electron chi connectivity index (χ3n) is 4.30. The minimum absolute atomic E-state index is 0.567. The Kier molecular flexibility index (Phi) is 3.93. The molecule has 0 aliphatic heterocycles. The first-order chi connectivity index (χ1) is 12.6. The van der Waals surface area contributed by atoms with Gasteiger partial charge in [0.1, 0.15) is 5.75 Å². The fraction of sp³-hybridized carbons (Fsp3) is 0.0455. The highest BCUT2D eigenvalue weighted by atomic mass is 16.5. The van der Waals surface area contributed by atoms with Crippen molar-refractivity contribution >= 4 is 22.1 Å². The van der Waals surface area contributed by atoms with E-state index in [0.717, 1.165) is 27.6 Å². The van der Waals surface area contributed by atoms with Crippen LogP contribution in [-0.2, 0) is 0 Å². The highest BCUT2D eigenvalue weighted by molar-refractivity contribution is 5.99. The molecule has 0 radical (unpaired) electrons. The molecule has 0 saturated heterocycles. The van der Waals surface area contributed by atoms with Gasteiger partial charge in [-0.1, -0.05) is 29.8 Å². The van der Waals surface area contributed by atoms with Gasteiger partial charge in [0.05, 0.1) is 0 Å². The highest BCUT2D eigenvalue weighted by Crippen LogP contribution is 2.35. The lowest BCUT2D eigenvalue weighted by molar-refractivity contribution is 0.469. The van der Waals surface area contributed by atoms with E-state index in [0.29, 0.717) is 17.3 Å². The monoisotopic (exact) mass is 341 g/mol. The van der Waals surface area contributed by atoms with Gasteiger partial charge in [-0.3, -0.25) is 0 Å². The lowest BCUT2D eigenvalue weighted by Crippen LogP contribution is -1.93. The van der Waals surface area contributed by atoms with Crippen molar-refractivity contribution in [2.75, 3.05) is 11.5 Å². The number of hydrogen-bond donors (Lipinski definition) is 2. The van der Waals surface area contributed by atoms with E-state index in [9.17, 15) is 0 Å². The second-order valence-corrected chi connectivity index (χ2v) is 6.32. The summed E-state index contributed by atoms with van der Waals surface area (Å²) in [5, 5.41) is 2.03. The molecule has 0 unspecified atom stereocenters. The van der Waals surface area contributed by atoms with Crippen molar-refractivity contribution in [3.8, 4) is 22.8 Å². The Labute approximate surface area is 152 Å². The van der Waals surface area contributed by atoms with Gasteiger partial charge in [0.25, 0.3) is 0 Å². The molecule has 4 heteroatoms. The number of benzene rings is 3. The summed E-state index contributed by atoms with van der Waals surface area (Å²) in [6.07, 6.45) is 1.84. The fourth-order valence-electron chi connectivity index (χ4n) is 2.99. The molecule has 0 atom stereocenters. The Balaban J connectivity index is 1.86. The van der Waals surface area contributed by atoms with E-state index < -0.39 is 0 Å². The molecule has 0 spiro atoms. The molecular formula is C22H19N3O. The molecule has 4 rings (SSSR count). The van der Waals surface area contributed by atoms with Gasteiger partial charge in [-0.05, 0) is 60.3 Å². The summed E-state index contributed by atoms with van der Waals surface area (Å²) in [7, 11) is 0. The zero-order valence-corrected chi connectivity index (χ0v) is 14.4. The van der Waals surface area contributed by atoms with Crippen LogP contribution in [0.15, 0.2) is 72.9 Å². The number of aryl methyl sites for hydroxylation is 1. The van der Waals surface area contributed by atoms with Gasteiger partial charge in [0.2, 0.25) is 5.88 Å². The summed E-state index contributed by atoms with van der Waals surface area (Å²) in [5.41, 5.74) is 16.4. The molecule has 3 aromatic carbocycles. The molecule has 1 aromatic heterocycles. The van der Waals surface area contributed by atoms with Gasteiger partial charge < -0.3 is 16.2 Å². The molecule has 0 saturated carbocycles. The molecule has 1 heterocycles. The largest absolute Gasteiger partial charge is 0.438 e. The average Bonchev–Trinajstić information content (AvgIpc) is 2.63. The Bertz CT molecular complexity index is 1090. The van der Waals surface area contributed by atoms with E-state index in [1.165, 1.54) is 5.56 Å². The second kappa shape index (κ2) is 6.41. The molecule has 0 aliphatic carbocycles. The van der Waals surface area contributed by atoms with Crippen LogP contribution in [0.2, 0.25) is 0 Å². The van der Waals surface area contributed by atoms with E-state index in [4.69, 9.17) is 16.2 Å². The van der Waals surface area contributed by atoms with Crippen LogP contribution in [0.1, 0.15) is 5.56 Å².